The van der Waals surface area contributed by atoms with Crippen molar-refractivity contribution in [3.05, 3.63) is 82.9 Å². The van der Waals surface area contributed by atoms with Crippen LogP contribution in [0.3, 0.4) is 0 Å². The van der Waals surface area contributed by atoms with Gasteiger partial charge in [0.15, 0.2) is 11.5 Å². The minimum atomic E-state index is -0.245. The highest BCUT2D eigenvalue weighted by Gasteiger charge is 2.24. The summed E-state index contributed by atoms with van der Waals surface area (Å²) >= 11 is 5.93. The van der Waals surface area contributed by atoms with Crippen LogP contribution in [0.1, 0.15) is 20.7 Å². The number of piperazine rings is 1. The largest absolute Gasteiger partial charge is 0.493 e. The van der Waals surface area contributed by atoms with E-state index < -0.39 is 0 Å². The molecule has 0 radical (unpaired) electrons. The predicted octanol–water partition coefficient (Wildman–Crippen LogP) is 4.57. The summed E-state index contributed by atoms with van der Waals surface area (Å²) in [6, 6.07) is 19.7. The molecule has 176 valence electrons. The van der Waals surface area contributed by atoms with E-state index in [1.807, 2.05) is 29.2 Å². The highest BCUT2D eigenvalue weighted by Crippen LogP contribution is 2.30. The van der Waals surface area contributed by atoms with E-state index in [-0.39, 0.29) is 11.8 Å². The molecule has 3 aromatic rings. The van der Waals surface area contributed by atoms with Gasteiger partial charge in [0.1, 0.15) is 0 Å². The van der Waals surface area contributed by atoms with Gasteiger partial charge < -0.3 is 24.6 Å². The van der Waals surface area contributed by atoms with Crippen LogP contribution in [0.25, 0.3) is 0 Å². The van der Waals surface area contributed by atoms with Crippen molar-refractivity contribution in [1.82, 2.24) is 4.90 Å². The molecule has 2 amide bonds. The third-order valence-corrected chi connectivity index (χ3v) is 6.05. The molecule has 0 saturated carbocycles. The molecule has 34 heavy (non-hydrogen) atoms. The van der Waals surface area contributed by atoms with Gasteiger partial charge in [0.05, 0.1) is 25.6 Å². The smallest absolute Gasteiger partial charge is 0.255 e. The van der Waals surface area contributed by atoms with Crippen molar-refractivity contribution in [3.8, 4) is 11.5 Å². The number of methoxy groups -OCH3 is 2. The summed E-state index contributed by atoms with van der Waals surface area (Å²) in [6.45, 7) is 2.48. The molecule has 1 N–H and O–H groups in total. The fourth-order valence-corrected chi connectivity index (χ4v) is 4.08. The SMILES string of the molecule is COc1ccc(C(=O)Nc2ccccc2N2CCN(C(=O)c3ccc(Cl)cc3)CC2)cc1OC. The first-order valence-electron chi connectivity index (χ1n) is 10.9. The molecule has 0 atom stereocenters. The van der Waals surface area contributed by atoms with Crippen molar-refractivity contribution >= 4 is 34.8 Å². The molecule has 4 rings (SSSR count). The number of carbonyl (C=O) groups is 2. The monoisotopic (exact) mass is 479 g/mol. The van der Waals surface area contributed by atoms with E-state index in [0.29, 0.717) is 59.5 Å². The third-order valence-electron chi connectivity index (χ3n) is 5.80. The maximum atomic E-state index is 13.0. The normalized spacial score (nSPS) is 13.4. The second-order valence-corrected chi connectivity index (χ2v) is 8.26. The molecule has 0 bridgehead atoms. The number of rotatable bonds is 6. The number of halogens is 1. The highest BCUT2D eigenvalue weighted by atomic mass is 35.5. The lowest BCUT2D eigenvalue weighted by Crippen LogP contribution is -2.49. The summed E-state index contributed by atoms with van der Waals surface area (Å²) in [6.07, 6.45) is 0. The number of nitrogens with one attached hydrogen (secondary N) is 1. The molecule has 0 spiro atoms. The van der Waals surface area contributed by atoms with Crippen LogP contribution in [-0.4, -0.2) is 57.1 Å². The van der Waals surface area contributed by atoms with Gasteiger partial charge >= 0.3 is 0 Å². The average Bonchev–Trinajstić information content (AvgIpc) is 2.88. The van der Waals surface area contributed by atoms with Gasteiger partial charge in [-0.2, -0.15) is 0 Å². The summed E-state index contributed by atoms with van der Waals surface area (Å²) in [5.41, 5.74) is 2.71. The first-order chi connectivity index (χ1) is 16.5. The lowest BCUT2D eigenvalue weighted by Gasteiger charge is -2.37. The van der Waals surface area contributed by atoms with Crippen molar-refractivity contribution in [2.45, 2.75) is 0 Å². The van der Waals surface area contributed by atoms with Crippen LogP contribution >= 0.6 is 11.6 Å². The molecule has 7 nitrogen and oxygen atoms in total. The summed E-state index contributed by atoms with van der Waals surface area (Å²) in [7, 11) is 3.09. The number of anilines is 2. The van der Waals surface area contributed by atoms with E-state index in [9.17, 15) is 9.59 Å². The van der Waals surface area contributed by atoms with Gasteiger partial charge in [-0.05, 0) is 54.6 Å². The van der Waals surface area contributed by atoms with Crippen LogP contribution in [-0.2, 0) is 0 Å². The number of amides is 2. The Morgan fingerprint density at radius 2 is 1.47 bits per heavy atom. The highest BCUT2D eigenvalue weighted by molar-refractivity contribution is 6.30. The van der Waals surface area contributed by atoms with Gasteiger partial charge in [-0.1, -0.05) is 23.7 Å². The molecule has 1 heterocycles. The van der Waals surface area contributed by atoms with Crippen LogP contribution in [0.4, 0.5) is 11.4 Å². The van der Waals surface area contributed by atoms with E-state index in [1.165, 1.54) is 7.11 Å². The number of hydrogen-bond acceptors (Lipinski definition) is 5. The molecule has 8 heteroatoms. The Hall–Kier alpha value is -3.71. The molecular weight excluding hydrogens is 454 g/mol. The third kappa shape index (κ3) is 5.10. The first-order valence-corrected chi connectivity index (χ1v) is 11.3. The Bertz CT molecular complexity index is 1170. The molecule has 1 saturated heterocycles. The Balaban J connectivity index is 1.44. The quantitative estimate of drug-likeness (QED) is 0.560. The van der Waals surface area contributed by atoms with E-state index in [2.05, 4.69) is 10.2 Å². The topological polar surface area (TPSA) is 71.1 Å². The van der Waals surface area contributed by atoms with Crippen molar-refractivity contribution < 1.29 is 19.1 Å². The molecule has 1 aliphatic heterocycles. The van der Waals surface area contributed by atoms with Crippen molar-refractivity contribution in [2.75, 3.05) is 50.6 Å². The minimum absolute atomic E-state index is 0.00800. The van der Waals surface area contributed by atoms with E-state index >= 15 is 0 Å². The van der Waals surface area contributed by atoms with Gasteiger partial charge in [-0.15, -0.1) is 0 Å². The van der Waals surface area contributed by atoms with E-state index in [1.54, 1.807) is 49.6 Å². The van der Waals surface area contributed by atoms with Crippen LogP contribution in [0, 0.1) is 0 Å². The van der Waals surface area contributed by atoms with Gasteiger partial charge in [-0.25, -0.2) is 0 Å². The predicted molar refractivity (Wildman–Crippen MR) is 134 cm³/mol. The fourth-order valence-electron chi connectivity index (χ4n) is 3.95. The second-order valence-electron chi connectivity index (χ2n) is 7.83. The van der Waals surface area contributed by atoms with Crippen LogP contribution < -0.4 is 19.7 Å². The van der Waals surface area contributed by atoms with Crippen molar-refractivity contribution in [3.63, 3.8) is 0 Å². The van der Waals surface area contributed by atoms with Crippen LogP contribution in [0.5, 0.6) is 11.5 Å². The lowest BCUT2D eigenvalue weighted by molar-refractivity contribution is 0.0746. The number of carbonyl (C=O) groups excluding carboxylic acids is 2. The average molecular weight is 480 g/mol. The number of ether oxygens (including phenoxy) is 2. The van der Waals surface area contributed by atoms with Crippen LogP contribution in [0.15, 0.2) is 66.7 Å². The second kappa shape index (κ2) is 10.5. The maximum absolute atomic E-state index is 13.0. The molecular formula is C26H26ClN3O4. The van der Waals surface area contributed by atoms with Gasteiger partial charge in [-0.3, -0.25) is 9.59 Å². The molecule has 1 fully saturated rings. The number of benzene rings is 3. The van der Waals surface area contributed by atoms with Gasteiger partial charge in [0.25, 0.3) is 11.8 Å². The van der Waals surface area contributed by atoms with Crippen molar-refractivity contribution in [1.29, 1.82) is 0 Å². The molecule has 0 aliphatic carbocycles. The molecule has 0 unspecified atom stereocenters. The van der Waals surface area contributed by atoms with E-state index in [0.717, 1.165) is 5.69 Å². The summed E-state index contributed by atoms with van der Waals surface area (Å²) in [5, 5.41) is 3.61. The van der Waals surface area contributed by atoms with Gasteiger partial charge in [0, 0.05) is 42.3 Å². The Labute approximate surface area is 203 Å². The number of nitrogens with zero attached hydrogens (tertiary/aromatic N) is 2. The van der Waals surface area contributed by atoms with Gasteiger partial charge in [0.2, 0.25) is 0 Å². The standard InChI is InChI=1S/C26H26ClN3O4/c1-33-23-12-9-19(17-24(23)34-2)25(31)28-21-5-3-4-6-22(21)29-13-15-30(16-14-29)26(32)18-7-10-20(27)11-8-18/h3-12,17H,13-16H2,1-2H3,(H,28,31). The Morgan fingerprint density at radius 3 is 2.15 bits per heavy atom. The zero-order valence-corrected chi connectivity index (χ0v) is 19.8. The summed E-state index contributed by atoms with van der Waals surface area (Å²) in [4.78, 5) is 29.8. The summed E-state index contributed by atoms with van der Waals surface area (Å²) in [5.74, 6) is 0.798. The molecule has 1 aliphatic rings. The Kier molecular flexibility index (Phi) is 7.23. The van der Waals surface area contributed by atoms with E-state index in [4.69, 9.17) is 21.1 Å². The number of hydrogen-bond donors (Lipinski definition) is 1. The number of para-hydroxylation sites is 2. The lowest BCUT2D eigenvalue weighted by atomic mass is 10.1. The molecule has 0 aromatic heterocycles. The summed E-state index contributed by atoms with van der Waals surface area (Å²) < 4.78 is 10.6. The first kappa shape index (κ1) is 23.4. The fraction of sp³-hybridized carbons (Fsp3) is 0.231. The minimum Gasteiger partial charge on any atom is -0.493 e. The maximum Gasteiger partial charge on any atom is 0.255 e. The Morgan fingerprint density at radius 1 is 0.824 bits per heavy atom. The molecule has 3 aromatic carbocycles. The zero-order valence-electron chi connectivity index (χ0n) is 19.1. The zero-order chi connectivity index (χ0) is 24.1. The van der Waals surface area contributed by atoms with Crippen LogP contribution in [0.2, 0.25) is 5.02 Å². The van der Waals surface area contributed by atoms with Crippen molar-refractivity contribution in [2.24, 2.45) is 0 Å².